The number of anilines is 1. The van der Waals surface area contributed by atoms with Crippen molar-refractivity contribution in [3.05, 3.63) is 44.1 Å². The van der Waals surface area contributed by atoms with E-state index >= 15 is 0 Å². The molecular formula is C15H14N4O2. The zero-order valence-corrected chi connectivity index (χ0v) is 11.5. The third kappa shape index (κ3) is 1.80. The number of azide groups is 1. The van der Waals surface area contributed by atoms with Gasteiger partial charge in [-0.1, -0.05) is 5.11 Å². The molecule has 2 aliphatic heterocycles. The van der Waals surface area contributed by atoms with Crippen molar-refractivity contribution >= 4 is 22.3 Å². The Hall–Kier alpha value is -2.46. The number of nitrogens with zero attached hydrogens (tertiary/aromatic N) is 4. The zero-order valence-electron chi connectivity index (χ0n) is 11.5. The highest BCUT2D eigenvalue weighted by Gasteiger charge is 2.26. The standard InChI is InChI=1S/C15H14N4O2/c16-18-17-12-8-10-7-9-3-1-5-19-6-2-4-11(13(9)19)14(10)21-15(12)20/h7-8H,1-6H2. The summed E-state index contributed by atoms with van der Waals surface area (Å²) in [6.45, 7) is 2.15. The molecule has 21 heavy (non-hydrogen) atoms. The number of rotatable bonds is 1. The van der Waals surface area contributed by atoms with Crippen LogP contribution in [0.15, 0.2) is 26.5 Å². The van der Waals surface area contributed by atoms with Gasteiger partial charge in [-0.05, 0) is 48.9 Å². The summed E-state index contributed by atoms with van der Waals surface area (Å²) in [6.07, 6.45) is 4.20. The summed E-state index contributed by atoms with van der Waals surface area (Å²) in [6, 6.07) is 3.72. The van der Waals surface area contributed by atoms with E-state index < -0.39 is 5.63 Å². The Kier molecular flexibility index (Phi) is 2.65. The van der Waals surface area contributed by atoms with Crippen LogP contribution < -0.4 is 10.5 Å². The lowest BCUT2D eigenvalue weighted by atomic mass is 9.90. The highest BCUT2D eigenvalue weighted by Crippen LogP contribution is 2.40. The normalized spacial score (nSPS) is 16.5. The SMILES string of the molecule is [N-]=[N+]=Nc1cc2cc3c4c(c2oc1=O)CCCN4CCC3. The molecule has 0 radical (unpaired) electrons. The number of fused-ring (bicyclic) bond motifs is 2. The van der Waals surface area contributed by atoms with E-state index in [-0.39, 0.29) is 5.69 Å². The molecule has 0 saturated heterocycles. The van der Waals surface area contributed by atoms with E-state index in [1.54, 1.807) is 6.07 Å². The van der Waals surface area contributed by atoms with Gasteiger partial charge in [0.2, 0.25) is 0 Å². The minimum atomic E-state index is -0.565. The predicted molar refractivity (Wildman–Crippen MR) is 80.1 cm³/mol. The Morgan fingerprint density at radius 2 is 2.05 bits per heavy atom. The Bertz CT molecular complexity index is 847. The van der Waals surface area contributed by atoms with Crippen LogP contribution in [-0.2, 0) is 12.8 Å². The van der Waals surface area contributed by atoms with E-state index in [1.807, 2.05) is 0 Å². The van der Waals surface area contributed by atoms with Gasteiger partial charge in [-0.3, -0.25) is 0 Å². The average molecular weight is 282 g/mol. The van der Waals surface area contributed by atoms with Crippen molar-refractivity contribution in [2.45, 2.75) is 25.7 Å². The monoisotopic (exact) mass is 282 g/mol. The topological polar surface area (TPSA) is 82.2 Å². The quantitative estimate of drug-likeness (QED) is 0.347. The molecule has 0 aliphatic carbocycles. The molecule has 3 heterocycles. The summed E-state index contributed by atoms with van der Waals surface area (Å²) in [5, 5.41) is 4.27. The lowest BCUT2D eigenvalue weighted by molar-refractivity contribution is 0.551. The minimum absolute atomic E-state index is 0.0284. The van der Waals surface area contributed by atoms with E-state index in [2.05, 4.69) is 21.0 Å². The lowest BCUT2D eigenvalue weighted by Gasteiger charge is -2.37. The van der Waals surface area contributed by atoms with E-state index in [0.717, 1.165) is 49.7 Å². The predicted octanol–water partition coefficient (Wildman–Crippen LogP) is 3.43. The first-order valence-electron chi connectivity index (χ1n) is 7.20. The van der Waals surface area contributed by atoms with Gasteiger partial charge < -0.3 is 9.32 Å². The van der Waals surface area contributed by atoms with Crippen LogP contribution in [0, 0.1) is 0 Å². The number of benzene rings is 1. The summed E-state index contributed by atoms with van der Waals surface area (Å²) in [7, 11) is 0. The van der Waals surface area contributed by atoms with Crippen LogP contribution in [0.4, 0.5) is 11.4 Å². The van der Waals surface area contributed by atoms with Gasteiger partial charge in [0.25, 0.3) is 0 Å². The molecule has 0 fully saturated rings. The first-order valence-corrected chi connectivity index (χ1v) is 7.20. The maximum Gasteiger partial charge on any atom is 0.345 e. The summed E-state index contributed by atoms with van der Waals surface area (Å²) in [5.74, 6) is 0. The van der Waals surface area contributed by atoms with Gasteiger partial charge in [0.1, 0.15) is 11.3 Å². The smallest absolute Gasteiger partial charge is 0.345 e. The fourth-order valence-corrected chi connectivity index (χ4v) is 3.55. The molecule has 2 aliphatic rings. The summed E-state index contributed by atoms with van der Waals surface area (Å²) in [4.78, 5) is 17.0. The second-order valence-corrected chi connectivity index (χ2v) is 5.58. The highest BCUT2D eigenvalue weighted by atomic mass is 16.4. The van der Waals surface area contributed by atoms with Crippen LogP contribution in [0.5, 0.6) is 0 Å². The van der Waals surface area contributed by atoms with E-state index in [0.29, 0.717) is 5.58 Å². The van der Waals surface area contributed by atoms with Crippen LogP contribution in [0.1, 0.15) is 24.0 Å². The zero-order chi connectivity index (χ0) is 14.4. The van der Waals surface area contributed by atoms with Gasteiger partial charge in [0.15, 0.2) is 0 Å². The molecule has 6 heteroatoms. The summed E-state index contributed by atoms with van der Waals surface area (Å²) in [5.41, 5.74) is 12.4. The van der Waals surface area contributed by atoms with Crippen LogP contribution in [0.3, 0.4) is 0 Å². The molecule has 0 atom stereocenters. The Morgan fingerprint density at radius 1 is 1.24 bits per heavy atom. The molecule has 0 N–H and O–H groups in total. The third-order valence-corrected chi connectivity index (χ3v) is 4.35. The molecule has 0 saturated carbocycles. The van der Waals surface area contributed by atoms with Gasteiger partial charge in [-0.15, -0.1) is 0 Å². The minimum Gasteiger partial charge on any atom is -0.422 e. The Balaban J connectivity index is 2.07. The van der Waals surface area contributed by atoms with Crippen molar-refractivity contribution in [3.63, 3.8) is 0 Å². The van der Waals surface area contributed by atoms with Crippen molar-refractivity contribution in [2.75, 3.05) is 18.0 Å². The molecule has 0 unspecified atom stereocenters. The summed E-state index contributed by atoms with van der Waals surface area (Å²) < 4.78 is 5.47. The largest absolute Gasteiger partial charge is 0.422 e. The van der Waals surface area contributed by atoms with Crippen LogP contribution in [0.2, 0.25) is 0 Å². The van der Waals surface area contributed by atoms with Crippen molar-refractivity contribution in [1.82, 2.24) is 0 Å². The van der Waals surface area contributed by atoms with Gasteiger partial charge in [-0.2, -0.15) is 0 Å². The lowest BCUT2D eigenvalue weighted by Crippen LogP contribution is -2.34. The molecule has 0 spiro atoms. The van der Waals surface area contributed by atoms with E-state index in [4.69, 9.17) is 9.95 Å². The van der Waals surface area contributed by atoms with Crippen LogP contribution in [-0.4, -0.2) is 13.1 Å². The Labute approximate surface area is 120 Å². The maximum atomic E-state index is 11.9. The van der Waals surface area contributed by atoms with Gasteiger partial charge >= 0.3 is 5.63 Å². The van der Waals surface area contributed by atoms with Crippen molar-refractivity contribution in [3.8, 4) is 0 Å². The molecule has 106 valence electrons. The summed E-state index contributed by atoms with van der Waals surface area (Å²) >= 11 is 0. The average Bonchev–Trinajstić information content (AvgIpc) is 2.50. The number of hydrogen-bond donors (Lipinski definition) is 0. The molecule has 2 aromatic rings. The fraction of sp³-hybridized carbons (Fsp3) is 0.400. The molecule has 0 amide bonds. The second-order valence-electron chi connectivity index (χ2n) is 5.58. The maximum absolute atomic E-state index is 11.9. The third-order valence-electron chi connectivity index (χ3n) is 4.35. The first-order chi connectivity index (χ1) is 10.3. The molecule has 1 aromatic heterocycles. The molecule has 0 bridgehead atoms. The molecule has 6 nitrogen and oxygen atoms in total. The van der Waals surface area contributed by atoms with Crippen molar-refractivity contribution < 1.29 is 4.42 Å². The van der Waals surface area contributed by atoms with Gasteiger partial charge in [-0.25, -0.2) is 4.79 Å². The Morgan fingerprint density at radius 3 is 2.86 bits per heavy atom. The molecule has 1 aromatic carbocycles. The van der Waals surface area contributed by atoms with Crippen molar-refractivity contribution in [2.24, 2.45) is 5.11 Å². The van der Waals surface area contributed by atoms with Gasteiger partial charge in [0, 0.05) is 34.6 Å². The fourth-order valence-electron chi connectivity index (χ4n) is 3.55. The van der Waals surface area contributed by atoms with Crippen LogP contribution >= 0.6 is 0 Å². The highest BCUT2D eigenvalue weighted by molar-refractivity contribution is 5.89. The van der Waals surface area contributed by atoms with E-state index in [9.17, 15) is 4.79 Å². The van der Waals surface area contributed by atoms with Gasteiger partial charge in [0.05, 0.1) is 0 Å². The molecular weight excluding hydrogens is 268 g/mol. The number of hydrogen-bond acceptors (Lipinski definition) is 4. The second kappa shape index (κ2) is 4.53. The van der Waals surface area contributed by atoms with Crippen molar-refractivity contribution in [1.29, 1.82) is 0 Å². The molecule has 4 rings (SSSR count). The van der Waals surface area contributed by atoms with E-state index in [1.165, 1.54) is 11.3 Å². The van der Waals surface area contributed by atoms with Crippen LogP contribution in [0.25, 0.3) is 21.4 Å². The number of aryl methyl sites for hydroxylation is 2. The first kappa shape index (κ1) is 12.3.